The highest BCUT2D eigenvalue weighted by Gasteiger charge is 2.02. The smallest absolute Gasteiger partial charge is 0.191 e. The quantitative estimate of drug-likeness (QED) is 0.267. The molecule has 154 valence electrons. The van der Waals surface area contributed by atoms with Crippen LogP contribution in [0.15, 0.2) is 66.2 Å². The number of nitrogens with one attached hydrogen (secondary N) is 2. The van der Waals surface area contributed by atoms with E-state index in [1.807, 2.05) is 22.9 Å². The molecule has 3 aromatic rings. The first kappa shape index (κ1) is 23.2. The summed E-state index contributed by atoms with van der Waals surface area (Å²) in [6, 6.07) is 16.3. The lowest BCUT2D eigenvalue weighted by Crippen LogP contribution is -2.38. The van der Waals surface area contributed by atoms with Gasteiger partial charge in [0.05, 0.1) is 13.1 Å². The molecule has 2 N–H and O–H groups in total. The van der Waals surface area contributed by atoms with E-state index in [9.17, 15) is 0 Å². The molecule has 0 amide bonds. The van der Waals surface area contributed by atoms with Gasteiger partial charge >= 0.3 is 0 Å². The van der Waals surface area contributed by atoms with Gasteiger partial charge in [0.1, 0.15) is 12.7 Å². The zero-order chi connectivity index (χ0) is 19.6. The number of aromatic nitrogens is 3. The lowest BCUT2D eigenvalue weighted by molar-refractivity contribution is 0.684. The fourth-order valence-corrected chi connectivity index (χ4v) is 3.09. The molecule has 0 bridgehead atoms. The molecule has 0 saturated heterocycles. The Kier molecular flexibility index (Phi) is 9.93. The molecule has 0 aliphatic heterocycles. The van der Waals surface area contributed by atoms with Gasteiger partial charge in [0.15, 0.2) is 5.96 Å². The lowest BCUT2D eigenvalue weighted by atomic mass is 10.1. The van der Waals surface area contributed by atoms with Crippen LogP contribution in [-0.2, 0) is 19.5 Å². The number of guanidine groups is 1. The summed E-state index contributed by atoms with van der Waals surface area (Å²) in [6.45, 7) is 4.94. The average Bonchev–Trinajstić information content (AvgIpc) is 3.21. The first-order chi connectivity index (χ1) is 13.7. The normalized spacial score (nSPS) is 11.0. The highest BCUT2D eigenvalue weighted by atomic mass is 127. The number of rotatable bonds is 8. The molecular formula is C21H26ClIN6. The molecule has 0 atom stereocenters. The maximum Gasteiger partial charge on any atom is 0.191 e. The monoisotopic (exact) mass is 524 g/mol. The summed E-state index contributed by atoms with van der Waals surface area (Å²) >= 11 is 6.22. The van der Waals surface area contributed by atoms with E-state index < -0.39 is 0 Å². The third-order valence-corrected chi connectivity index (χ3v) is 4.58. The van der Waals surface area contributed by atoms with Gasteiger partial charge in [0, 0.05) is 18.1 Å². The maximum atomic E-state index is 6.22. The Labute approximate surface area is 193 Å². The zero-order valence-electron chi connectivity index (χ0n) is 16.4. The average molecular weight is 525 g/mol. The maximum absolute atomic E-state index is 6.22. The minimum Gasteiger partial charge on any atom is -0.357 e. The van der Waals surface area contributed by atoms with E-state index in [1.165, 1.54) is 5.56 Å². The standard InChI is InChI=1S/C21H25ClN6.HI/c1-2-24-21(25-11-10-19-8-3-4-9-20(19)22)26-13-17-6-5-7-18(12-17)14-28-16-23-15-27-28;/h3-9,12,15-16H,2,10-11,13-14H2,1H3,(H2,24,25,26);1H. The molecule has 0 saturated carbocycles. The van der Waals surface area contributed by atoms with Gasteiger partial charge in [-0.05, 0) is 36.1 Å². The van der Waals surface area contributed by atoms with Crippen molar-refractivity contribution in [2.24, 2.45) is 4.99 Å². The minimum atomic E-state index is 0. The van der Waals surface area contributed by atoms with Crippen LogP contribution < -0.4 is 10.6 Å². The Morgan fingerprint density at radius 2 is 1.93 bits per heavy atom. The van der Waals surface area contributed by atoms with E-state index in [0.717, 1.165) is 41.6 Å². The Morgan fingerprint density at radius 3 is 2.69 bits per heavy atom. The van der Waals surface area contributed by atoms with Gasteiger partial charge in [-0.25, -0.2) is 14.7 Å². The lowest BCUT2D eigenvalue weighted by Gasteiger charge is -2.12. The molecule has 8 heteroatoms. The van der Waals surface area contributed by atoms with Crippen LogP contribution in [0.5, 0.6) is 0 Å². The highest BCUT2D eigenvalue weighted by molar-refractivity contribution is 14.0. The highest BCUT2D eigenvalue weighted by Crippen LogP contribution is 2.14. The number of aliphatic imine (C=N–C) groups is 1. The van der Waals surface area contributed by atoms with Crippen LogP contribution in [0.1, 0.15) is 23.6 Å². The van der Waals surface area contributed by atoms with Gasteiger partial charge in [0.2, 0.25) is 0 Å². The first-order valence-corrected chi connectivity index (χ1v) is 9.78. The van der Waals surface area contributed by atoms with Gasteiger partial charge in [-0.1, -0.05) is 54.1 Å². The Bertz CT molecular complexity index is 898. The van der Waals surface area contributed by atoms with Gasteiger partial charge in [0.25, 0.3) is 0 Å². The zero-order valence-corrected chi connectivity index (χ0v) is 19.5. The van der Waals surface area contributed by atoms with E-state index in [4.69, 9.17) is 16.6 Å². The second-order valence-electron chi connectivity index (χ2n) is 6.38. The summed E-state index contributed by atoms with van der Waals surface area (Å²) in [7, 11) is 0. The molecule has 2 aromatic carbocycles. The Balaban J connectivity index is 0.00000300. The van der Waals surface area contributed by atoms with Crippen molar-refractivity contribution in [3.8, 4) is 0 Å². The van der Waals surface area contributed by atoms with E-state index in [0.29, 0.717) is 13.1 Å². The second-order valence-corrected chi connectivity index (χ2v) is 6.78. The minimum absolute atomic E-state index is 0. The van der Waals surface area contributed by atoms with Crippen LogP contribution in [0.25, 0.3) is 0 Å². The number of halogens is 2. The van der Waals surface area contributed by atoms with E-state index >= 15 is 0 Å². The van der Waals surface area contributed by atoms with Crippen LogP contribution in [0.2, 0.25) is 5.02 Å². The number of nitrogens with zero attached hydrogens (tertiary/aromatic N) is 4. The van der Waals surface area contributed by atoms with Crippen molar-refractivity contribution in [2.75, 3.05) is 13.1 Å². The van der Waals surface area contributed by atoms with Crippen LogP contribution in [-0.4, -0.2) is 33.8 Å². The van der Waals surface area contributed by atoms with Crippen molar-refractivity contribution in [2.45, 2.75) is 26.4 Å². The molecular weight excluding hydrogens is 499 g/mol. The second kappa shape index (κ2) is 12.4. The fraction of sp³-hybridized carbons (Fsp3) is 0.286. The van der Waals surface area contributed by atoms with Crippen molar-refractivity contribution in [3.63, 3.8) is 0 Å². The first-order valence-electron chi connectivity index (χ1n) is 9.40. The van der Waals surface area contributed by atoms with Crippen LogP contribution in [0.3, 0.4) is 0 Å². The molecule has 3 rings (SSSR count). The van der Waals surface area contributed by atoms with Gasteiger partial charge in [-0.2, -0.15) is 5.10 Å². The molecule has 6 nitrogen and oxygen atoms in total. The molecule has 0 radical (unpaired) electrons. The Morgan fingerprint density at radius 1 is 1.10 bits per heavy atom. The van der Waals surface area contributed by atoms with Crippen LogP contribution >= 0.6 is 35.6 Å². The van der Waals surface area contributed by atoms with Crippen molar-refractivity contribution < 1.29 is 0 Å². The molecule has 1 aromatic heterocycles. The van der Waals surface area contributed by atoms with E-state index in [2.05, 4.69) is 58.0 Å². The molecule has 1 heterocycles. The van der Waals surface area contributed by atoms with E-state index in [1.54, 1.807) is 12.7 Å². The number of hydrogen-bond donors (Lipinski definition) is 2. The predicted octanol–water partition coefficient (Wildman–Crippen LogP) is 3.90. The van der Waals surface area contributed by atoms with Crippen molar-refractivity contribution in [1.82, 2.24) is 25.4 Å². The van der Waals surface area contributed by atoms with Gasteiger partial charge < -0.3 is 10.6 Å². The van der Waals surface area contributed by atoms with Crippen LogP contribution in [0.4, 0.5) is 0 Å². The van der Waals surface area contributed by atoms with E-state index in [-0.39, 0.29) is 24.0 Å². The largest absolute Gasteiger partial charge is 0.357 e. The van der Waals surface area contributed by atoms with Crippen LogP contribution in [0, 0.1) is 0 Å². The summed E-state index contributed by atoms with van der Waals surface area (Å²) in [6.07, 6.45) is 4.11. The Hall–Kier alpha value is -2.13. The molecule has 0 fully saturated rings. The van der Waals surface area contributed by atoms with Crippen molar-refractivity contribution in [1.29, 1.82) is 0 Å². The van der Waals surface area contributed by atoms with Gasteiger partial charge in [-0.3, -0.25) is 0 Å². The number of hydrogen-bond acceptors (Lipinski definition) is 3. The molecule has 29 heavy (non-hydrogen) atoms. The third-order valence-electron chi connectivity index (χ3n) is 4.21. The summed E-state index contributed by atoms with van der Waals surface area (Å²) in [5.74, 6) is 0.802. The fourth-order valence-electron chi connectivity index (χ4n) is 2.86. The van der Waals surface area contributed by atoms with Crippen molar-refractivity contribution >= 4 is 41.5 Å². The summed E-state index contributed by atoms with van der Waals surface area (Å²) < 4.78 is 1.81. The molecule has 0 unspecified atom stereocenters. The summed E-state index contributed by atoms with van der Waals surface area (Å²) in [5.41, 5.74) is 3.46. The third kappa shape index (κ3) is 7.66. The topological polar surface area (TPSA) is 67.1 Å². The van der Waals surface area contributed by atoms with Gasteiger partial charge in [-0.15, -0.1) is 24.0 Å². The molecule has 0 aliphatic rings. The summed E-state index contributed by atoms with van der Waals surface area (Å²) in [4.78, 5) is 8.68. The predicted molar refractivity (Wildman–Crippen MR) is 129 cm³/mol. The summed E-state index contributed by atoms with van der Waals surface area (Å²) in [5, 5.41) is 11.6. The molecule has 0 spiro atoms. The number of benzene rings is 2. The molecule has 0 aliphatic carbocycles. The SMILES string of the molecule is CCNC(=NCc1cccc(Cn2cncn2)c1)NCCc1ccccc1Cl.I. The van der Waals surface area contributed by atoms with Crippen molar-refractivity contribution in [3.05, 3.63) is 82.9 Å².